The van der Waals surface area contributed by atoms with Gasteiger partial charge in [-0.15, -0.1) is 0 Å². The zero-order valence-corrected chi connectivity index (χ0v) is 10.5. The van der Waals surface area contributed by atoms with Crippen LogP contribution in [0.3, 0.4) is 0 Å². The Morgan fingerprint density at radius 1 is 1.47 bits per heavy atom. The molecule has 4 nitrogen and oxygen atoms in total. The van der Waals surface area contributed by atoms with Gasteiger partial charge in [-0.3, -0.25) is 4.98 Å². The van der Waals surface area contributed by atoms with Crippen LogP contribution >= 0.6 is 12.2 Å². The van der Waals surface area contributed by atoms with Gasteiger partial charge in [0.25, 0.3) is 0 Å². The van der Waals surface area contributed by atoms with Crippen LogP contribution in [0.15, 0.2) is 24.5 Å². The van der Waals surface area contributed by atoms with Gasteiger partial charge in [0.2, 0.25) is 0 Å². The van der Waals surface area contributed by atoms with Crippen LogP contribution in [0, 0.1) is 11.6 Å². The van der Waals surface area contributed by atoms with Crippen molar-refractivity contribution in [2.45, 2.75) is 13.5 Å². The topological polar surface area (TPSA) is 50.8 Å². The molecule has 0 aliphatic heterocycles. The number of nitrogens with one attached hydrogen (secondary N) is 1. The maximum Gasteiger partial charge on any atom is 0.134 e. The first kappa shape index (κ1) is 11.9. The van der Waals surface area contributed by atoms with Gasteiger partial charge in [0.15, 0.2) is 0 Å². The highest BCUT2D eigenvalue weighted by molar-refractivity contribution is 7.71. The van der Waals surface area contributed by atoms with Crippen LogP contribution in [-0.4, -0.2) is 22.1 Å². The molecule has 2 aromatic heterocycles. The molecule has 0 atom stereocenters. The molecule has 0 aliphatic carbocycles. The predicted molar refractivity (Wildman–Crippen MR) is 68.1 cm³/mol. The summed E-state index contributed by atoms with van der Waals surface area (Å²) in [6.45, 7) is 2.45. The zero-order valence-electron chi connectivity index (χ0n) is 9.73. The van der Waals surface area contributed by atoms with Crippen molar-refractivity contribution in [3.8, 4) is 11.3 Å². The fourth-order valence-electron chi connectivity index (χ4n) is 1.60. The van der Waals surface area contributed by atoms with Crippen LogP contribution in [-0.2, 0) is 11.3 Å². The molecule has 17 heavy (non-hydrogen) atoms. The summed E-state index contributed by atoms with van der Waals surface area (Å²) >= 11 is 5.14. The third-order valence-corrected chi connectivity index (χ3v) is 2.61. The molecule has 0 unspecified atom stereocenters. The number of aromatic amines is 1. The first-order chi connectivity index (χ1) is 8.20. The molecule has 0 saturated heterocycles. The van der Waals surface area contributed by atoms with Crippen molar-refractivity contribution >= 4 is 12.2 Å². The van der Waals surface area contributed by atoms with E-state index < -0.39 is 0 Å². The van der Waals surface area contributed by atoms with Crippen LogP contribution in [0.4, 0.5) is 0 Å². The fourth-order valence-corrected chi connectivity index (χ4v) is 1.83. The Bertz CT molecular complexity index is 580. The highest BCUT2D eigenvalue weighted by Gasteiger charge is 2.04. The SMILES string of the molecule is COCc1nc(=S)cc(-c2cnccc2C)[nH]1. The third kappa shape index (κ3) is 2.75. The van der Waals surface area contributed by atoms with E-state index in [4.69, 9.17) is 17.0 Å². The van der Waals surface area contributed by atoms with E-state index in [1.165, 1.54) is 0 Å². The molecule has 2 rings (SSSR count). The molecule has 0 aliphatic rings. The van der Waals surface area contributed by atoms with Crippen molar-refractivity contribution in [2.75, 3.05) is 7.11 Å². The molecule has 0 bridgehead atoms. The van der Waals surface area contributed by atoms with Gasteiger partial charge in [0.1, 0.15) is 17.1 Å². The van der Waals surface area contributed by atoms with Gasteiger partial charge in [0.05, 0.1) is 5.69 Å². The second kappa shape index (κ2) is 5.16. The zero-order chi connectivity index (χ0) is 12.3. The Labute approximate surface area is 105 Å². The van der Waals surface area contributed by atoms with E-state index in [1.807, 2.05) is 25.3 Å². The van der Waals surface area contributed by atoms with Crippen LogP contribution in [0.25, 0.3) is 11.3 Å². The van der Waals surface area contributed by atoms with Gasteiger partial charge in [-0.2, -0.15) is 0 Å². The van der Waals surface area contributed by atoms with Crippen molar-refractivity contribution in [3.05, 3.63) is 40.6 Å². The molecule has 0 saturated carbocycles. The summed E-state index contributed by atoms with van der Waals surface area (Å²) in [6.07, 6.45) is 3.58. The molecule has 2 heterocycles. The van der Waals surface area contributed by atoms with E-state index in [9.17, 15) is 0 Å². The van der Waals surface area contributed by atoms with Crippen molar-refractivity contribution < 1.29 is 4.74 Å². The molecule has 0 amide bonds. The molecule has 2 aromatic rings. The van der Waals surface area contributed by atoms with E-state index >= 15 is 0 Å². The lowest BCUT2D eigenvalue weighted by Gasteiger charge is -2.07. The Hall–Kier alpha value is -1.59. The van der Waals surface area contributed by atoms with Gasteiger partial charge in [0, 0.05) is 25.1 Å². The second-order valence-electron chi connectivity index (χ2n) is 3.70. The van der Waals surface area contributed by atoms with E-state index in [2.05, 4.69) is 15.0 Å². The van der Waals surface area contributed by atoms with Crippen LogP contribution < -0.4 is 0 Å². The van der Waals surface area contributed by atoms with Crippen molar-refractivity contribution in [1.82, 2.24) is 15.0 Å². The maximum atomic E-state index is 5.14. The second-order valence-corrected chi connectivity index (χ2v) is 4.12. The van der Waals surface area contributed by atoms with E-state index in [0.29, 0.717) is 11.2 Å². The first-order valence-electron chi connectivity index (χ1n) is 5.21. The van der Waals surface area contributed by atoms with Gasteiger partial charge >= 0.3 is 0 Å². The number of aromatic nitrogens is 3. The van der Waals surface area contributed by atoms with Crippen LogP contribution in [0.2, 0.25) is 0 Å². The van der Waals surface area contributed by atoms with Crippen molar-refractivity contribution in [1.29, 1.82) is 0 Å². The summed E-state index contributed by atoms with van der Waals surface area (Å²) in [4.78, 5) is 11.5. The Morgan fingerprint density at radius 2 is 2.29 bits per heavy atom. The van der Waals surface area contributed by atoms with Crippen LogP contribution in [0.5, 0.6) is 0 Å². The Balaban J connectivity index is 2.52. The van der Waals surface area contributed by atoms with Gasteiger partial charge in [-0.25, -0.2) is 4.98 Å². The molecule has 5 heteroatoms. The lowest BCUT2D eigenvalue weighted by molar-refractivity contribution is 0.177. The normalized spacial score (nSPS) is 10.5. The summed E-state index contributed by atoms with van der Waals surface area (Å²) in [5, 5.41) is 0. The summed E-state index contributed by atoms with van der Waals surface area (Å²) in [6, 6.07) is 3.79. The highest BCUT2D eigenvalue weighted by Crippen LogP contribution is 2.19. The summed E-state index contributed by atoms with van der Waals surface area (Å²) < 4.78 is 5.60. The number of pyridine rings is 1. The van der Waals surface area contributed by atoms with Crippen LogP contribution in [0.1, 0.15) is 11.4 Å². The number of H-pyrrole nitrogens is 1. The minimum atomic E-state index is 0.413. The minimum absolute atomic E-state index is 0.413. The Morgan fingerprint density at radius 3 is 3.00 bits per heavy atom. The number of aryl methyl sites for hydroxylation is 1. The molecule has 0 aromatic carbocycles. The number of methoxy groups -OCH3 is 1. The molecular formula is C12H13N3OS. The van der Waals surface area contributed by atoms with E-state index in [1.54, 1.807) is 13.3 Å². The lowest BCUT2D eigenvalue weighted by Crippen LogP contribution is -1.99. The average molecular weight is 247 g/mol. The van der Waals surface area contributed by atoms with E-state index in [-0.39, 0.29) is 0 Å². The molecule has 0 spiro atoms. The fraction of sp³-hybridized carbons (Fsp3) is 0.250. The van der Waals surface area contributed by atoms with Crippen molar-refractivity contribution in [2.24, 2.45) is 0 Å². The molecule has 88 valence electrons. The quantitative estimate of drug-likeness (QED) is 0.847. The van der Waals surface area contributed by atoms with E-state index in [0.717, 1.165) is 22.6 Å². The first-order valence-corrected chi connectivity index (χ1v) is 5.61. The smallest absolute Gasteiger partial charge is 0.134 e. The average Bonchev–Trinajstić information content (AvgIpc) is 2.29. The third-order valence-electron chi connectivity index (χ3n) is 2.40. The number of hydrogen-bond acceptors (Lipinski definition) is 4. The number of nitrogens with zero attached hydrogens (tertiary/aromatic N) is 2. The summed E-state index contributed by atoms with van der Waals surface area (Å²) in [5.41, 5.74) is 3.08. The standard InChI is InChI=1S/C12H13N3OS/c1-8-3-4-13-6-9(8)10-5-12(17)15-11(14-10)7-16-2/h3-6H,7H2,1-2H3,(H,14,15,17). The largest absolute Gasteiger partial charge is 0.377 e. The molecule has 0 fully saturated rings. The summed E-state index contributed by atoms with van der Waals surface area (Å²) in [7, 11) is 1.63. The van der Waals surface area contributed by atoms with Gasteiger partial charge in [-0.05, 0) is 24.6 Å². The minimum Gasteiger partial charge on any atom is -0.377 e. The molecular weight excluding hydrogens is 234 g/mol. The maximum absolute atomic E-state index is 5.14. The summed E-state index contributed by atoms with van der Waals surface area (Å²) in [5.74, 6) is 0.721. The molecule has 0 radical (unpaired) electrons. The lowest BCUT2D eigenvalue weighted by atomic mass is 10.1. The number of rotatable bonds is 3. The number of hydrogen-bond donors (Lipinski definition) is 1. The van der Waals surface area contributed by atoms with Gasteiger partial charge < -0.3 is 9.72 Å². The van der Waals surface area contributed by atoms with Crippen molar-refractivity contribution in [3.63, 3.8) is 0 Å². The van der Waals surface area contributed by atoms with Gasteiger partial charge in [-0.1, -0.05) is 12.2 Å². The predicted octanol–water partition coefficient (Wildman–Crippen LogP) is 2.66. The Kier molecular flexibility index (Phi) is 3.61. The molecule has 1 N–H and O–H groups in total. The monoisotopic (exact) mass is 247 g/mol. The number of ether oxygens (including phenoxy) is 1. The highest BCUT2D eigenvalue weighted by atomic mass is 32.1.